The minimum atomic E-state index is -0.283. The topological polar surface area (TPSA) is 58.0 Å². The molecular formula is C6H8N2O2. The second kappa shape index (κ2) is 1.90. The zero-order valence-corrected chi connectivity index (χ0v) is 5.44. The average Bonchev–Trinajstić information content (AvgIpc) is 2.34. The zero-order chi connectivity index (χ0) is 6.97. The van der Waals surface area contributed by atoms with Gasteiger partial charge >= 0.3 is 5.63 Å². The average molecular weight is 140 g/mol. The smallest absolute Gasteiger partial charge is 0.378 e. The number of aromatic nitrogens is 1. The van der Waals surface area contributed by atoms with E-state index in [4.69, 9.17) is 0 Å². The third-order valence-electron chi connectivity index (χ3n) is 1.68. The molecule has 2 heterocycles. The quantitative estimate of drug-likeness (QED) is 0.545. The van der Waals surface area contributed by atoms with Crippen LogP contribution in [-0.4, -0.2) is 11.7 Å². The van der Waals surface area contributed by atoms with E-state index >= 15 is 0 Å². The predicted octanol–water partition coefficient (Wildman–Crippen LogP) is 0.326. The Hall–Kier alpha value is -1.19. The molecular weight excluding hydrogens is 132 g/mol. The fraction of sp³-hybridized carbons (Fsp3) is 0.500. The van der Waals surface area contributed by atoms with Crippen LogP contribution < -0.4 is 10.9 Å². The molecule has 4 heteroatoms. The molecule has 0 spiro atoms. The van der Waals surface area contributed by atoms with Gasteiger partial charge in [-0.05, 0) is 12.8 Å². The van der Waals surface area contributed by atoms with E-state index in [1.165, 1.54) is 0 Å². The van der Waals surface area contributed by atoms with Gasteiger partial charge in [-0.25, -0.2) is 9.95 Å². The highest BCUT2D eigenvalue weighted by molar-refractivity contribution is 5.46. The third-order valence-corrected chi connectivity index (χ3v) is 1.68. The minimum Gasteiger partial charge on any atom is -0.378 e. The van der Waals surface area contributed by atoms with Crippen molar-refractivity contribution >= 4 is 5.69 Å². The molecule has 1 aromatic heterocycles. The van der Waals surface area contributed by atoms with Gasteiger partial charge in [-0.15, -0.1) is 0 Å². The van der Waals surface area contributed by atoms with Gasteiger partial charge in [0.1, 0.15) is 5.69 Å². The first-order chi connectivity index (χ1) is 4.88. The molecule has 0 radical (unpaired) electrons. The van der Waals surface area contributed by atoms with Crippen LogP contribution in [0.3, 0.4) is 0 Å². The normalized spacial score (nSPS) is 16.0. The number of hydrogen-bond acceptors (Lipinski definition) is 3. The summed E-state index contributed by atoms with van der Waals surface area (Å²) in [6.45, 7) is 0.871. The Kier molecular flexibility index (Phi) is 1.06. The molecule has 0 unspecified atom stereocenters. The van der Waals surface area contributed by atoms with E-state index < -0.39 is 0 Å². The molecule has 1 aromatic rings. The maximum absolute atomic E-state index is 10.8. The highest BCUT2D eigenvalue weighted by Crippen LogP contribution is 2.14. The van der Waals surface area contributed by atoms with E-state index in [-0.39, 0.29) is 5.63 Å². The minimum absolute atomic E-state index is 0.283. The van der Waals surface area contributed by atoms with Crippen molar-refractivity contribution in [1.82, 2.24) is 5.16 Å². The van der Waals surface area contributed by atoms with Crippen LogP contribution in [0, 0.1) is 0 Å². The van der Waals surface area contributed by atoms with Gasteiger partial charge in [0.15, 0.2) is 0 Å². The van der Waals surface area contributed by atoms with Crippen molar-refractivity contribution in [2.45, 2.75) is 12.8 Å². The molecule has 0 saturated heterocycles. The van der Waals surface area contributed by atoms with Crippen molar-refractivity contribution in [2.75, 3.05) is 11.9 Å². The number of hydrogen-bond donors (Lipinski definition) is 2. The standard InChI is InChI=1S/C6H8N2O2/c9-6-5-4(8-10-6)2-1-3-7-5/h7-8H,1-3H2. The summed E-state index contributed by atoms with van der Waals surface area (Å²) in [6, 6.07) is 0. The molecule has 2 N–H and O–H groups in total. The SMILES string of the molecule is O=c1o[nH]c2c1NCCC2. The number of anilines is 1. The Labute approximate surface area is 57.2 Å². The van der Waals surface area contributed by atoms with Crippen molar-refractivity contribution in [1.29, 1.82) is 0 Å². The lowest BCUT2D eigenvalue weighted by Crippen LogP contribution is -2.15. The molecule has 0 amide bonds. The lowest BCUT2D eigenvalue weighted by Gasteiger charge is -2.09. The molecule has 1 aliphatic rings. The summed E-state index contributed by atoms with van der Waals surface area (Å²) in [5, 5.41) is 5.55. The van der Waals surface area contributed by atoms with Gasteiger partial charge < -0.3 is 9.84 Å². The summed E-state index contributed by atoms with van der Waals surface area (Å²) in [7, 11) is 0. The van der Waals surface area contributed by atoms with Crippen molar-refractivity contribution < 1.29 is 4.52 Å². The molecule has 0 fully saturated rings. The number of aryl methyl sites for hydroxylation is 1. The van der Waals surface area contributed by atoms with E-state index in [1.807, 2.05) is 0 Å². The van der Waals surface area contributed by atoms with Crippen LogP contribution in [0.4, 0.5) is 5.69 Å². The molecule has 10 heavy (non-hydrogen) atoms. The fourth-order valence-electron chi connectivity index (χ4n) is 1.17. The zero-order valence-electron chi connectivity index (χ0n) is 5.44. The van der Waals surface area contributed by atoms with Crippen molar-refractivity contribution in [2.24, 2.45) is 0 Å². The Bertz CT molecular complexity index is 286. The first kappa shape index (κ1) is 5.58. The van der Waals surface area contributed by atoms with Gasteiger partial charge in [0.2, 0.25) is 0 Å². The molecule has 2 rings (SSSR count). The van der Waals surface area contributed by atoms with E-state index in [0.29, 0.717) is 5.69 Å². The van der Waals surface area contributed by atoms with Gasteiger partial charge in [-0.1, -0.05) is 0 Å². The summed E-state index contributed by atoms with van der Waals surface area (Å²) < 4.78 is 4.57. The number of fused-ring (bicyclic) bond motifs is 1. The lowest BCUT2D eigenvalue weighted by molar-refractivity contribution is 0.385. The highest BCUT2D eigenvalue weighted by atomic mass is 16.5. The molecule has 4 nitrogen and oxygen atoms in total. The Morgan fingerprint density at radius 3 is 3.20 bits per heavy atom. The van der Waals surface area contributed by atoms with E-state index in [1.54, 1.807) is 0 Å². The Morgan fingerprint density at radius 1 is 1.50 bits per heavy atom. The van der Waals surface area contributed by atoms with Gasteiger partial charge in [0.05, 0.1) is 5.69 Å². The molecule has 0 aromatic carbocycles. The summed E-state index contributed by atoms with van der Waals surface area (Å²) in [6.07, 6.45) is 1.97. The van der Waals surface area contributed by atoms with Crippen molar-refractivity contribution in [3.63, 3.8) is 0 Å². The van der Waals surface area contributed by atoms with E-state index in [2.05, 4.69) is 15.0 Å². The maximum Gasteiger partial charge on any atom is 0.380 e. The molecule has 54 valence electrons. The first-order valence-electron chi connectivity index (χ1n) is 3.32. The fourth-order valence-corrected chi connectivity index (χ4v) is 1.17. The van der Waals surface area contributed by atoms with Crippen LogP contribution in [0.1, 0.15) is 12.1 Å². The number of aromatic amines is 1. The van der Waals surface area contributed by atoms with Crippen LogP contribution in [0.5, 0.6) is 0 Å². The monoisotopic (exact) mass is 140 g/mol. The van der Waals surface area contributed by atoms with Crippen LogP contribution in [0.15, 0.2) is 9.32 Å². The summed E-state index contributed by atoms with van der Waals surface area (Å²) in [5.41, 5.74) is 1.23. The van der Waals surface area contributed by atoms with E-state index in [9.17, 15) is 4.79 Å². The molecule has 1 aliphatic heterocycles. The molecule has 0 atom stereocenters. The first-order valence-corrected chi connectivity index (χ1v) is 3.32. The molecule has 0 aliphatic carbocycles. The van der Waals surface area contributed by atoms with Crippen LogP contribution in [0.25, 0.3) is 0 Å². The third kappa shape index (κ3) is 0.650. The molecule has 0 saturated carbocycles. The van der Waals surface area contributed by atoms with Gasteiger partial charge in [0.25, 0.3) is 0 Å². The number of H-pyrrole nitrogens is 1. The summed E-state index contributed by atoms with van der Waals surface area (Å²) in [5.74, 6) is 0. The van der Waals surface area contributed by atoms with Gasteiger partial charge in [-0.2, -0.15) is 0 Å². The number of rotatable bonds is 0. The second-order valence-corrected chi connectivity index (χ2v) is 2.38. The predicted molar refractivity (Wildman–Crippen MR) is 36.1 cm³/mol. The van der Waals surface area contributed by atoms with Crippen LogP contribution in [-0.2, 0) is 6.42 Å². The Balaban J connectivity index is 2.55. The largest absolute Gasteiger partial charge is 0.380 e. The van der Waals surface area contributed by atoms with E-state index in [0.717, 1.165) is 25.1 Å². The Morgan fingerprint density at radius 2 is 2.40 bits per heavy atom. The van der Waals surface area contributed by atoms with Crippen molar-refractivity contribution in [3.05, 3.63) is 16.1 Å². The molecule has 0 bridgehead atoms. The maximum atomic E-state index is 10.8. The lowest BCUT2D eigenvalue weighted by atomic mass is 10.1. The second-order valence-electron chi connectivity index (χ2n) is 2.38. The summed E-state index contributed by atoms with van der Waals surface area (Å²) in [4.78, 5) is 10.8. The van der Waals surface area contributed by atoms with Gasteiger partial charge in [-0.3, -0.25) is 0 Å². The van der Waals surface area contributed by atoms with Crippen LogP contribution >= 0.6 is 0 Å². The van der Waals surface area contributed by atoms with Crippen molar-refractivity contribution in [3.8, 4) is 0 Å². The number of nitrogens with one attached hydrogen (secondary N) is 2. The summed E-state index contributed by atoms with van der Waals surface area (Å²) >= 11 is 0. The van der Waals surface area contributed by atoms with Gasteiger partial charge in [0, 0.05) is 6.54 Å². The highest BCUT2D eigenvalue weighted by Gasteiger charge is 2.14. The van der Waals surface area contributed by atoms with Crippen LogP contribution in [0.2, 0.25) is 0 Å².